The Morgan fingerprint density at radius 2 is 2.18 bits per heavy atom. The number of halogens is 1. The molecule has 1 aromatic heterocycles. The van der Waals surface area contributed by atoms with E-state index in [9.17, 15) is 9.90 Å². The molecular weight excluding hydrogens is 473 g/mol. The van der Waals surface area contributed by atoms with Crippen molar-refractivity contribution in [2.75, 3.05) is 12.4 Å². The molecular formula is C19H18IN5O3. The largest absolute Gasteiger partial charge is 0.504 e. The number of para-hydroxylation sites is 1. The fourth-order valence-corrected chi connectivity index (χ4v) is 3.04. The number of H-pyrrole nitrogens is 1. The van der Waals surface area contributed by atoms with Gasteiger partial charge in [-0.25, -0.2) is 4.99 Å². The molecule has 0 bridgehead atoms. The molecule has 0 aliphatic heterocycles. The number of nitrogens with two attached hydrogens (primary N) is 1. The number of hydrogen-bond donors (Lipinski definition) is 4. The number of aromatic nitrogens is 2. The number of aliphatic imine (C=N–C) groups is 1. The topological polar surface area (TPSA) is 126 Å². The second-order valence-corrected chi connectivity index (χ2v) is 6.54. The third-order valence-electron chi connectivity index (χ3n) is 3.92. The van der Waals surface area contributed by atoms with E-state index < -0.39 is 5.91 Å². The lowest BCUT2D eigenvalue weighted by atomic mass is 10.2. The van der Waals surface area contributed by atoms with Crippen molar-refractivity contribution in [2.45, 2.75) is 4.43 Å². The van der Waals surface area contributed by atoms with E-state index in [1.54, 1.807) is 18.2 Å². The van der Waals surface area contributed by atoms with Crippen LogP contribution in [0.3, 0.4) is 0 Å². The number of phenolic OH excluding ortho intramolecular Hbond substituents is 1. The predicted molar refractivity (Wildman–Crippen MR) is 116 cm³/mol. The van der Waals surface area contributed by atoms with Crippen LogP contribution in [0.25, 0.3) is 0 Å². The predicted octanol–water partition coefficient (Wildman–Crippen LogP) is 3.65. The Labute approximate surface area is 175 Å². The third kappa shape index (κ3) is 4.25. The summed E-state index contributed by atoms with van der Waals surface area (Å²) in [7, 11) is 1.46. The van der Waals surface area contributed by atoms with E-state index in [1.807, 2.05) is 24.3 Å². The van der Waals surface area contributed by atoms with Gasteiger partial charge in [-0.15, -0.1) is 0 Å². The molecule has 1 heterocycles. The van der Waals surface area contributed by atoms with Crippen LogP contribution >= 0.6 is 22.6 Å². The Balaban J connectivity index is 1.92. The van der Waals surface area contributed by atoms with Crippen LogP contribution in [0.1, 0.15) is 21.5 Å². The standard InChI is InChI=1S/C19H18IN5O3/c1-28-14-7-3-5-12(16(14)26)10-22-18-15(17(21)27)19(25-24-18)23-13-6-2-4-11(8-13)9-20/h2-8,10,26H,9H2,1H3,(H2,21,27)(H2,23,24,25). The fraction of sp³-hybridized carbons (Fsp3) is 0.105. The molecule has 5 N–H and O–H groups in total. The van der Waals surface area contributed by atoms with Gasteiger partial charge in [-0.1, -0.05) is 40.8 Å². The maximum Gasteiger partial charge on any atom is 0.256 e. The number of methoxy groups -OCH3 is 1. The van der Waals surface area contributed by atoms with E-state index >= 15 is 0 Å². The lowest BCUT2D eigenvalue weighted by molar-refractivity contribution is 0.100. The molecule has 0 radical (unpaired) electrons. The highest BCUT2D eigenvalue weighted by Crippen LogP contribution is 2.30. The molecule has 2 aromatic carbocycles. The fourth-order valence-electron chi connectivity index (χ4n) is 2.57. The van der Waals surface area contributed by atoms with Gasteiger partial charge in [0.15, 0.2) is 17.3 Å². The number of phenols is 1. The van der Waals surface area contributed by atoms with Crippen LogP contribution in [0.5, 0.6) is 11.5 Å². The van der Waals surface area contributed by atoms with Crippen LogP contribution in [0, 0.1) is 0 Å². The van der Waals surface area contributed by atoms with Crippen molar-refractivity contribution in [3.8, 4) is 11.5 Å². The second kappa shape index (κ2) is 8.74. The minimum atomic E-state index is -0.677. The van der Waals surface area contributed by atoms with Crippen LogP contribution < -0.4 is 15.8 Å². The van der Waals surface area contributed by atoms with Crippen LogP contribution in [0.4, 0.5) is 17.3 Å². The average Bonchev–Trinajstić information content (AvgIpc) is 3.10. The van der Waals surface area contributed by atoms with Gasteiger partial charge in [0.25, 0.3) is 5.91 Å². The lowest BCUT2D eigenvalue weighted by Gasteiger charge is -2.07. The molecule has 0 saturated heterocycles. The van der Waals surface area contributed by atoms with Gasteiger partial charge in [-0.3, -0.25) is 9.89 Å². The second-order valence-electron chi connectivity index (χ2n) is 5.78. The van der Waals surface area contributed by atoms with Crippen molar-refractivity contribution in [2.24, 2.45) is 10.7 Å². The molecule has 1 amide bonds. The first-order chi connectivity index (χ1) is 13.5. The Bertz CT molecular complexity index is 1030. The highest BCUT2D eigenvalue weighted by atomic mass is 127. The zero-order chi connectivity index (χ0) is 20.1. The molecule has 0 aliphatic rings. The van der Waals surface area contributed by atoms with Crippen molar-refractivity contribution in [3.05, 3.63) is 59.2 Å². The van der Waals surface area contributed by atoms with E-state index in [0.717, 1.165) is 15.7 Å². The smallest absolute Gasteiger partial charge is 0.256 e. The Kier molecular flexibility index (Phi) is 6.14. The summed E-state index contributed by atoms with van der Waals surface area (Å²) in [5.41, 5.74) is 8.00. The molecule has 3 rings (SSSR count). The van der Waals surface area contributed by atoms with Crippen molar-refractivity contribution in [3.63, 3.8) is 0 Å². The minimum Gasteiger partial charge on any atom is -0.504 e. The van der Waals surface area contributed by atoms with Crippen molar-refractivity contribution in [1.82, 2.24) is 10.2 Å². The number of ether oxygens (including phenoxy) is 1. The molecule has 0 spiro atoms. The first-order valence-corrected chi connectivity index (χ1v) is 9.76. The lowest BCUT2D eigenvalue weighted by Crippen LogP contribution is -2.12. The summed E-state index contributed by atoms with van der Waals surface area (Å²) in [6, 6.07) is 12.8. The molecule has 0 unspecified atom stereocenters. The molecule has 28 heavy (non-hydrogen) atoms. The molecule has 0 fully saturated rings. The highest BCUT2D eigenvalue weighted by Gasteiger charge is 2.18. The normalized spacial score (nSPS) is 10.9. The van der Waals surface area contributed by atoms with E-state index in [0.29, 0.717) is 17.1 Å². The van der Waals surface area contributed by atoms with Crippen molar-refractivity contribution in [1.29, 1.82) is 0 Å². The SMILES string of the molecule is COc1cccc(C=Nc2n[nH]c(Nc3cccc(CI)c3)c2C(N)=O)c1O. The molecule has 0 aliphatic carbocycles. The zero-order valence-electron chi connectivity index (χ0n) is 14.9. The van der Waals surface area contributed by atoms with Gasteiger partial charge in [0.1, 0.15) is 11.4 Å². The number of carbonyl (C=O) groups is 1. The molecule has 0 atom stereocenters. The monoisotopic (exact) mass is 491 g/mol. The zero-order valence-corrected chi connectivity index (χ0v) is 17.1. The third-order valence-corrected chi connectivity index (χ3v) is 4.80. The number of carbonyl (C=O) groups excluding carboxylic acids is 1. The van der Waals surface area contributed by atoms with E-state index in [1.165, 1.54) is 13.3 Å². The van der Waals surface area contributed by atoms with Gasteiger partial charge in [-0.2, -0.15) is 5.10 Å². The summed E-state index contributed by atoms with van der Waals surface area (Å²) in [5, 5.41) is 20.1. The summed E-state index contributed by atoms with van der Waals surface area (Å²) in [6.07, 6.45) is 1.39. The maximum atomic E-state index is 12.0. The Morgan fingerprint density at radius 3 is 2.89 bits per heavy atom. The maximum absolute atomic E-state index is 12.0. The van der Waals surface area contributed by atoms with Crippen LogP contribution in [-0.2, 0) is 4.43 Å². The van der Waals surface area contributed by atoms with Crippen molar-refractivity contribution >= 4 is 52.0 Å². The number of aromatic amines is 1. The number of anilines is 2. The van der Waals surface area contributed by atoms with Crippen molar-refractivity contribution < 1.29 is 14.6 Å². The van der Waals surface area contributed by atoms with Gasteiger partial charge in [-0.05, 0) is 29.8 Å². The number of aromatic hydroxyl groups is 1. The first kappa shape index (κ1) is 19.7. The number of hydrogen-bond acceptors (Lipinski definition) is 6. The Morgan fingerprint density at radius 1 is 1.39 bits per heavy atom. The van der Waals surface area contributed by atoms with Gasteiger partial charge >= 0.3 is 0 Å². The van der Waals surface area contributed by atoms with E-state index in [4.69, 9.17) is 10.5 Å². The highest BCUT2D eigenvalue weighted by molar-refractivity contribution is 14.1. The quantitative estimate of drug-likeness (QED) is 0.228. The summed E-state index contributed by atoms with van der Waals surface area (Å²) < 4.78 is 5.93. The number of nitrogens with one attached hydrogen (secondary N) is 2. The molecule has 3 aromatic rings. The molecule has 8 nitrogen and oxygen atoms in total. The van der Waals surface area contributed by atoms with E-state index in [-0.39, 0.29) is 17.1 Å². The van der Waals surface area contributed by atoms with Crippen LogP contribution in [-0.4, -0.2) is 34.5 Å². The first-order valence-electron chi connectivity index (χ1n) is 8.23. The molecule has 0 saturated carbocycles. The molecule has 144 valence electrons. The summed E-state index contributed by atoms with van der Waals surface area (Å²) in [5.74, 6) is 0.0446. The van der Waals surface area contributed by atoms with Gasteiger partial charge < -0.3 is 20.9 Å². The van der Waals surface area contributed by atoms with E-state index in [2.05, 4.69) is 43.1 Å². The Hall–Kier alpha value is -3.08. The number of alkyl halides is 1. The van der Waals surface area contributed by atoms with Crippen LogP contribution in [0.2, 0.25) is 0 Å². The summed E-state index contributed by atoms with van der Waals surface area (Å²) in [4.78, 5) is 16.2. The summed E-state index contributed by atoms with van der Waals surface area (Å²) >= 11 is 2.28. The van der Waals surface area contributed by atoms with Crippen LogP contribution in [0.15, 0.2) is 47.5 Å². The summed E-state index contributed by atoms with van der Waals surface area (Å²) in [6.45, 7) is 0. The van der Waals surface area contributed by atoms with Gasteiger partial charge in [0.05, 0.1) is 7.11 Å². The average molecular weight is 491 g/mol. The number of amides is 1. The number of rotatable bonds is 7. The number of benzene rings is 2. The number of primary amides is 1. The molecule has 9 heteroatoms. The number of nitrogens with zero attached hydrogens (tertiary/aromatic N) is 2. The van der Waals surface area contributed by atoms with Gasteiger partial charge in [0, 0.05) is 21.9 Å². The van der Waals surface area contributed by atoms with Gasteiger partial charge in [0.2, 0.25) is 0 Å². The minimum absolute atomic E-state index is 0.0566.